The average molecular weight is 300 g/mol. The molecule has 1 heterocycles. The normalized spacial score (nSPS) is 11.1. The molecule has 0 radical (unpaired) electrons. The van der Waals surface area contributed by atoms with Crippen molar-refractivity contribution in [1.29, 1.82) is 0 Å². The molecule has 0 N–H and O–H groups in total. The smallest absolute Gasteiger partial charge is 0.189 e. The fourth-order valence-corrected chi connectivity index (χ4v) is 1.94. The molecule has 0 amide bonds. The minimum Gasteiger partial charge on any atom is -0.497 e. The highest BCUT2D eigenvalue weighted by atomic mass is 16.5. The predicted octanol–water partition coefficient (Wildman–Crippen LogP) is 3.38. The van der Waals surface area contributed by atoms with Gasteiger partial charge < -0.3 is 9.47 Å². The second-order valence-corrected chi connectivity index (χ2v) is 5.15. The van der Waals surface area contributed by atoms with E-state index in [1.807, 2.05) is 26.0 Å². The number of hydrogen-bond acceptors (Lipinski definition) is 4. The van der Waals surface area contributed by atoms with Gasteiger partial charge in [-0.15, -0.1) is 0 Å². The molecule has 2 aromatic rings. The van der Waals surface area contributed by atoms with Crippen molar-refractivity contribution in [3.63, 3.8) is 0 Å². The molecular formula is C17H20N2O3. The van der Waals surface area contributed by atoms with Crippen molar-refractivity contribution >= 4 is 11.9 Å². The van der Waals surface area contributed by atoms with Crippen LogP contribution >= 0.6 is 0 Å². The number of aromatic nitrogens is 2. The van der Waals surface area contributed by atoms with E-state index in [2.05, 4.69) is 5.10 Å². The summed E-state index contributed by atoms with van der Waals surface area (Å²) >= 11 is 0. The SMILES string of the molecule is COc1cc(/C=C/C(=O)c2cnn(C(C)C)c2)cc(OC)c1. The van der Waals surface area contributed by atoms with Crippen LogP contribution in [-0.4, -0.2) is 29.8 Å². The van der Waals surface area contributed by atoms with Crippen molar-refractivity contribution in [3.05, 3.63) is 47.8 Å². The summed E-state index contributed by atoms with van der Waals surface area (Å²) in [6.07, 6.45) is 6.60. The molecule has 5 nitrogen and oxygen atoms in total. The van der Waals surface area contributed by atoms with Gasteiger partial charge in [0, 0.05) is 18.3 Å². The lowest BCUT2D eigenvalue weighted by atomic mass is 10.1. The molecule has 1 aromatic heterocycles. The highest BCUT2D eigenvalue weighted by Gasteiger charge is 2.07. The summed E-state index contributed by atoms with van der Waals surface area (Å²) in [7, 11) is 3.18. The summed E-state index contributed by atoms with van der Waals surface area (Å²) in [4.78, 5) is 12.2. The van der Waals surface area contributed by atoms with Gasteiger partial charge in [-0.3, -0.25) is 9.48 Å². The summed E-state index contributed by atoms with van der Waals surface area (Å²) in [6, 6.07) is 5.69. The fourth-order valence-electron chi connectivity index (χ4n) is 1.94. The van der Waals surface area contributed by atoms with E-state index < -0.39 is 0 Å². The first-order valence-electron chi connectivity index (χ1n) is 7.03. The van der Waals surface area contributed by atoms with Crippen LogP contribution in [0.25, 0.3) is 6.08 Å². The first kappa shape index (κ1) is 15.8. The van der Waals surface area contributed by atoms with Crippen molar-refractivity contribution < 1.29 is 14.3 Å². The maximum Gasteiger partial charge on any atom is 0.189 e. The zero-order valence-electron chi connectivity index (χ0n) is 13.2. The maximum absolute atomic E-state index is 12.2. The van der Waals surface area contributed by atoms with E-state index in [1.165, 1.54) is 6.08 Å². The molecule has 0 aliphatic rings. The van der Waals surface area contributed by atoms with Gasteiger partial charge in [0.05, 0.1) is 26.0 Å². The average Bonchev–Trinajstić information content (AvgIpc) is 3.02. The zero-order chi connectivity index (χ0) is 16.1. The number of hydrogen-bond donors (Lipinski definition) is 0. The molecule has 116 valence electrons. The van der Waals surface area contributed by atoms with Crippen LogP contribution < -0.4 is 9.47 Å². The first-order valence-corrected chi connectivity index (χ1v) is 7.03. The van der Waals surface area contributed by atoms with Gasteiger partial charge in [-0.25, -0.2) is 0 Å². The zero-order valence-corrected chi connectivity index (χ0v) is 13.2. The second-order valence-electron chi connectivity index (χ2n) is 5.15. The molecule has 2 rings (SSSR count). The molecule has 0 spiro atoms. The van der Waals surface area contributed by atoms with Crippen LogP contribution in [-0.2, 0) is 0 Å². The highest BCUT2D eigenvalue weighted by molar-refractivity contribution is 6.06. The summed E-state index contributed by atoms with van der Waals surface area (Å²) in [5.41, 5.74) is 1.40. The Kier molecular flexibility index (Phi) is 4.99. The molecular weight excluding hydrogens is 280 g/mol. The number of ketones is 1. The number of ether oxygens (including phenoxy) is 2. The molecule has 0 fully saturated rings. The summed E-state index contributed by atoms with van der Waals surface area (Å²) in [5.74, 6) is 1.27. The molecule has 0 atom stereocenters. The van der Waals surface area contributed by atoms with Gasteiger partial charge in [0.25, 0.3) is 0 Å². The first-order chi connectivity index (χ1) is 10.5. The third-order valence-electron chi connectivity index (χ3n) is 3.22. The second kappa shape index (κ2) is 6.93. The Labute approximate surface area is 130 Å². The fraction of sp³-hybridized carbons (Fsp3) is 0.294. The molecule has 5 heteroatoms. The standard InChI is InChI=1S/C17H20N2O3/c1-12(2)19-11-14(10-18-19)17(20)6-5-13-7-15(21-3)9-16(8-13)22-4/h5-12H,1-4H3/b6-5+. The topological polar surface area (TPSA) is 53.3 Å². The minimum atomic E-state index is -0.0892. The molecule has 1 aromatic carbocycles. The van der Waals surface area contributed by atoms with Gasteiger partial charge >= 0.3 is 0 Å². The lowest BCUT2D eigenvalue weighted by Crippen LogP contribution is -2.00. The third kappa shape index (κ3) is 3.75. The number of rotatable bonds is 6. The van der Waals surface area contributed by atoms with Crippen LogP contribution in [0.5, 0.6) is 11.5 Å². The molecule has 0 unspecified atom stereocenters. The Balaban J connectivity index is 2.18. The monoisotopic (exact) mass is 300 g/mol. The van der Waals surface area contributed by atoms with Crippen LogP contribution in [0.3, 0.4) is 0 Å². The summed E-state index contributed by atoms with van der Waals surface area (Å²) < 4.78 is 12.2. The molecule has 0 bridgehead atoms. The van der Waals surface area contributed by atoms with Crippen LogP contribution in [0.4, 0.5) is 0 Å². The number of allylic oxidation sites excluding steroid dienone is 1. The molecule has 0 saturated heterocycles. The Bertz CT molecular complexity index is 665. The van der Waals surface area contributed by atoms with Gasteiger partial charge in [-0.1, -0.05) is 6.08 Å². The minimum absolute atomic E-state index is 0.0892. The van der Waals surface area contributed by atoms with E-state index in [0.29, 0.717) is 17.1 Å². The molecule has 22 heavy (non-hydrogen) atoms. The predicted molar refractivity (Wildman–Crippen MR) is 85.5 cm³/mol. The van der Waals surface area contributed by atoms with Crippen molar-refractivity contribution in [3.8, 4) is 11.5 Å². The van der Waals surface area contributed by atoms with Crippen LogP contribution in [0.2, 0.25) is 0 Å². The Morgan fingerprint density at radius 1 is 1.18 bits per heavy atom. The van der Waals surface area contributed by atoms with Gasteiger partial charge in [-0.05, 0) is 37.6 Å². The Morgan fingerprint density at radius 3 is 2.32 bits per heavy atom. The van der Waals surface area contributed by atoms with E-state index in [0.717, 1.165) is 5.56 Å². The van der Waals surface area contributed by atoms with Gasteiger partial charge in [-0.2, -0.15) is 5.10 Å². The molecule has 0 aliphatic heterocycles. The van der Waals surface area contributed by atoms with Crippen molar-refractivity contribution in [2.45, 2.75) is 19.9 Å². The van der Waals surface area contributed by atoms with Gasteiger partial charge in [0.2, 0.25) is 0 Å². The van der Waals surface area contributed by atoms with E-state index in [4.69, 9.17) is 9.47 Å². The lowest BCUT2D eigenvalue weighted by Gasteiger charge is -2.05. The van der Waals surface area contributed by atoms with Crippen molar-refractivity contribution in [2.24, 2.45) is 0 Å². The van der Waals surface area contributed by atoms with E-state index in [-0.39, 0.29) is 11.8 Å². The largest absolute Gasteiger partial charge is 0.497 e. The Morgan fingerprint density at radius 2 is 1.82 bits per heavy atom. The maximum atomic E-state index is 12.2. The highest BCUT2D eigenvalue weighted by Crippen LogP contribution is 2.23. The number of carbonyl (C=O) groups is 1. The van der Waals surface area contributed by atoms with Crippen LogP contribution in [0.1, 0.15) is 35.8 Å². The van der Waals surface area contributed by atoms with E-state index >= 15 is 0 Å². The van der Waals surface area contributed by atoms with Gasteiger partial charge in [0.1, 0.15) is 11.5 Å². The molecule has 0 aliphatic carbocycles. The quantitative estimate of drug-likeness (QED) is 0.606. The van der Waals surface area contributed by atoms with Gasteiger partial charge in [0.15, 0.2) is 5.78 Å². The third-order valence-corrected chi connectivity index (χ3v) is 3.22. The lowest BCUT2D eigenvalue weighted by molar-refractivity contribution is 0.104. The van der Waals surface area contributed by atoms with Crippen molar-refractivity contribution in [1.82, 2.24) is 9.78 Å². The van der Waals surface area contributed by atoms with Crippen LogP contribution in [0, 0.1) is 0 Å². The van der Waals surface area contributed by atoms with Crippen LogP contribution in [0.15, 0.2) is 36.7 Å². The number of carbonyl (C=O) groups excluding carboxylic acids is 1. The van der Waals surface area contributed by atoms with E-state index in [1.54, 1.807) is 43.4 Å². The number of nitrogens with zero attached hydrogens (tertiary/aromatic N) is 2. The van der Waals surface area contributed by atoms with E-state index in [9.17, 15) is 4.79 Å². The summed E-state index contributed by atoms with van der Waals surface area (Å²) in [6.45, 7) is 4.03. The van der Waals surface area contributed by atoms with Crippen molar-refractivity contribution in [2.75, 3.05) is 14.2 Å². The number of methoxy groups -OCH3 is 2. The number of benzene rings is 1. The Hall–Kier alpha value is -2.56. The molecule has 0 saturated carbocycles. The summed E-state index contributed by atoms with van der Waals surface area (Å²) in [5, 5.41) is 4.17.